The molecule has 4 aliphatic heterocycles. The number of hydrogen-bond donors (Lipinski definition) is 0. The van der Waals surface area contributed by atoms with Gasteiger partial charge in [0.15, 0.2) is 0 Å². The number of carbonyl (C=O) groups excluding carboxylic acids is 1. The number of ether oxygens (including phenoxy) is 1. The van der Waals surface area contributed by atoms with Gasteiger partial charge in [-0.25, -0.2) is 0 Å². The van der Waals surface area contributed by atoms with Crippen LogP contribution >= 0.6 is 0 Å². The van der Waals surface area contributed by atoms with Gasteiger partial charge in [0.2, 0.25) is 5.91 Å². The largest absolute Gasteiger partial charge is 0.491 e. The van der Waals surface area contributed by atoms with Crippen molar-refractivity contribution in [2.75, 3.05) is 49.1 Å². The molecule has 6 nitrogen and oxygen atoms in total. The second-order valence-electron chi connectivity index (χ2n) is 8.94. The average Bonchev–Trinajstić information content (AvgIpc) is 3.37. The monoisotopic (exact) mass is 404 g/mol. The lowest BCUT2D eigenvalue weighted by atomic mass is 9.89. The Hall–Kier alpha value is -2.60. The predicted molar refractivity (Wildman–Crippen MR) is 117 cm³/mol. The van der Waals surface area contributed by atoms with Gasteiger partial charge in [0.05, 0.1) is 23.7 Å². The van der Waals surface area contributed by atoms with Gasteiger partial charge in [-0.1, -0.05) is 12.1 Å². The van der Waals surface area contributed by atoms with E-state index < -0.39 is 0 Å². The summed E-state index contributed by atoms with van der Waals surface area (Å²) in [5.74, 6) is 1.69. The van der Waals surface area contributed by atoms with Crippen molar-refractivity contribution in [2.45, 2.75) is 38.1 Å². The minimum Gasteiger partial charge on any atom is -0.491 e. The minimum atomic E-state index is 0.143. The number of amides is 1. The van der Waals surface area contributed by atoms with Crippen LogP contribution in [-0.2, 0) is 17.6 Å². The first kappa shape index (κ1) is 18.2. The van der Waals surface area contributed by atoms with Crippen molar-refractivity contribution in [1.29, 1.82) is 0 Å². The van der Waals surface area contributed by atoms with Gasteiger partial charge in [-0.15, -0.1) is 0 Å². The standard InChI is InChI=1S/C24H28N4O2/c1-16(29)27-12-13-28-21-7-11-26(15-19(21)18-3-2-4-22(27)23(18)28)10-6-20-24-17(5-9-25-20)8-14-30-24/h2-5,9,19,21H,6-8,10-15H2,1H3. The van der Waals surface area contributed by atoms with Crippen LogP contribution in [0.15, 0.2) is 30.5 Å². The molecule has 0 bridgehead atoms. The fourth-order valence-electron chi connectivity index (χ4n) is 5.98. The van der Waals surface area contributed by atoms with Gasteiger partial charge in [-0.2, -0.15) is 0 Å². The van der Waals surface area contributed by atoms with Crippen molar-refractivity contribution in [3.63, 3.8) is 0 Å². The molecule has 6 rings (SSSR count). The summed E-state index contributed by atoms with van der Waals surface area (Å²) >= 11 is 0. The zero-order chi connectivity index (χ0) is 20.2. The number of pyridine rings is 1. The normalized spacial score (nSPS) is 24.3. The van der Waals surface area contributed by atoms with Crippen LogP contribution in [0, 0.1) is 0 Å². The highest BCUT2D eigenvalue weighted by Crippen LogP contribution is 2.50. The number of anilines is 2. The van der Waals surface area contributed by atoms with E-state index in [0.29, 0.717) is 12.0 Å². The molecule has 0 aliphatic carbocycles. The first-order valence-electron chi connectivity index (χ1n) is 11.2. The highest BCUT2D eigenvalue weighted by molar-refractivity contribution is 5.98. The second kappa shape index (κ2) is 6.98. The number of aromatic nitrogens is 1. The van der Waals surface area contributed by atoms with E-state index in [2.05, 4.69) is 39.0 Å². The Morgan fingerprint density at radius 3 is 3.07 bits per heavy atom. The summed E-state index contributed by atoms with van der Waals surface area (Å²) in [6, 6.07) is 9.18. The van der Waals surface area contributed by atoms with Crippen LogP contribution in [0.4, 0.5) is 11.4 Å². The van der Waals surface area contributed by atoms with Crippen LogP contribution in [0.1, 0.15) is 36.1 Å². The Bertz CT molecular complexity index is 1010. The molecule has 156 valence electrons. The van der Waals surface area contributed by atoms with E-state index in [4.69, 9.17) is 4.74 Å². The van der Waals surface area contributed by atoms with Crippen molar-refractivity contribution >= 4 is 17.3 Å². The summed E-state index contributed by atoms with van der Waals surface area (Å²) in [7, 11) is 0. The molecule has 6 heteroatoms. The molecule has 0 radical (unpaired) electrons. The Kier molecular flexibility index (Phi) is 4.23. The number of rotatable bonds is 3. The zero-order valence-electron chi connectivity index (χ0n) is 17.5. The molecule has 2 atom stereocenters. The van der Waals surface area contributed by atoms with Crippen molar-refractivity contribution in [3.8, 4) is 5.75 Å². The van der Waals surface area contributed by atoms with E-state index in [1.165, 1.54) is 23.2 Å². The molecule has 4 aliphatic rings. The molecule has 5 heterocycles. The minimum absolute atomic E-state index is 0.143. The lowest BCUT2D eigenvalue weighted by Gasteiger charge is -2.41. The van der Waals surface area contributed by atoms with Crippen LogP contribution in [0.5, 0.6) is 5.75 Å². The Morgan fingerprint density at radius 2 is 2.17 bits per heavy atom. The van der Waals surface area contributed by atoms with Crippen LogP contribution in [0.25, 0.3) is 0 Å². The maximum atomic E-state index is 12.2. The topological polar surface area (TPSA) is 48.9 Å². The first-order valence-corrected chi connectivity index (χ1v) is 11.2. The van der Waals surface area contributed by atoms with E-state index in [9.17, 15) is 4.79 Å². The zero-order valence-corrected chi connectivity index (χ0v) is 17.5. The number of piperidine rings is 1. The van der Waals surface area contributed by atoms with Gasteiger partial charge in [0, 0.05) is 76.2 Å². The summed E-state index contributed by atoms with van der Waals surface area (Å²) in [5, 5.41) is 0. The highest BCUT2D eigenvalue weighted by atomic mass is 16.5. The van der Waals surface area contributed by atoms with Gasteiger partial charge in [-0.3, -0.25) is 9.78 Å². The van der Waals surface area contributed by atoms with Crippen LogP contribution in [0.2, 0.25) is 0 Å². The summed E-state index contributed by atoms with van der Waals surface area (Å²) in [6.07, 6.45) is 5.05. The lowest BCUT2D eigenvalue weighted by Crippen LogP contribution is -2.50. The molecule has 30 heavy (non-hydrogen) atoms. The van der Waals surface area contributed by atoms with Gasteiger partial charge < -0.3 is 19.4 Å². The third kappa shape index (κ3) is 2.73. The van der Waals surface area contributed by atoms with Crippen LogP contribution in [-0.4, -0.2) is 61.2 Å². The quantitative estimate of drug-likeness (QED) is 0.787. The molecule has 1 fully saturated rings. The van der Waals surface area contributed by atoms with Crippen molar-refractivity contribution in [2.24, 2.45) is 0 Å². The Balaban J connectivity index is 1.22. The number of carbonyl (C=O) groups is 1. The second-order valence-corrected chi connectivity index (χ2v) is 8.94. The molecule has 2 unspecified atom stereocenters. The molecular weight excluding hydrogens is 376 g/mol. The molecule has 0 N–H and O–H groups in total. The van der Waals surface area contributed by atoms with Gasteiger partial charge in [0.25, 0.3) is 0 Å². The summed E-state index contributed by atoms with van der Waals surface area (Å²) in [5.41, 5.74) is 6.26. The number of fused-ring (bicyclic) bond motifs is 4. The molecule has 1 saturated heterocycles. The molecule has 0 spiro atoms. The van der Waals surface area contributed by atoms with E-state index in [-0.39, 0.29) is 5.91 Å². The Labute approximate surface area is 177 Å². The molecular formula is C24H28N4O2. The Morgan fingerprint density at radius 1 is 1.23 bits per heavy atom. The predicted octanol–water partition coefficient (Wildman–Crippen LogP) is 2.60. The van der Waals surface area contributed by atoms with Crippen LogP contribution in [0.3, 0.4) is 0 Å². The van der Waals surface area contributed by atoms with Crippen molar-refractivity contribution in [3.05, 3.63) is 47.3 Å². The fraction of sp³-hybridized carbons (Fsp3) is 0.500. The van der Waals surface area contributed by atoms with Gasteiger partial charge in [-0.05, 0) is 24.1 Å². The summed E-state index contributed by atoms with van der Waals surface area (Å²) in [6.45, 7) is 7.42. The maximum Gasteiger partial charge on any atom is 0.223 e. The SMILES string of the molecule is CC(=O)N1CCN2c3c(cccc31)C1CN(CCc3nccc4c3OCC4)CCC12. The van der Waals surface area contributed by atoms with Crippen molar-refractivity contribution < 1.29 is 9.53 Å². The van der Waals surface area contributed by atoms with E-state index in [0.717, 1.165) is 69.3 Å². The van der Waals surface area contributed by atoms with E-state index in [1.54, 1.807) is 6.92 Å². The third-order valence-corrected chi connectivity index (χ3v) is 7.37. The number of para-hydroxylation sites is 1. The number of nitrogens with zero attached hydrogens (tertiary/aromatic N) is 4. The van der Waals surface area contributed by atoms with Gasteiger partial charge >= 0.3 is 0 Å². The number of benzene rings is 1. The van der Waals surface area contributed by atoms with E-state index in [1.807, 2.05) is 11.1 Å². The molecule has 0 saturated carbocycles. The molecule has 1 aromatic carbocycles. The number of hydrogen-bond acceptors (Lipinski definition) is 5. The van der Waals surface area contributed by atoms with E-state index >= 15 is 0 Å². The average molecular weight is 405 g/mol. The third-order valence-electron chi connectivity index (χ3n) is 7.37. The summed E-state index contributed by atoms with van der Waals surface area (Å²) < 4.78 is 5.84. The fourth-order valence-corrected chi connectivity index (χ4v) is 5.98. The molecule has 1 amide bonds. The maximum absolute atomic E-state index is 12.2. The lowest BCUT2D eigenvalue weighted by molar-refractivity contribution is -0.116. The molecule has 1 aromatic heterocycles. The number of likely N-dealkylation sites (tertiary alicyclic amines) is 1. The van der Waals surface area contributed by atoms with Crippen molar-refractivity contribution in [1.82, 2.24) is 9.88 Å². The van der Waals surface area contributed by atoms with Crippen LogP contribution < -0.4 is 14.5 Å². The van der Waals surface area contributed by atoms with Gasteiger partial charge in [0.1, 0.15) is 5.75 Å². The first-order chi connectivity index (χ1) is 14.7. The highest BCUT2D eigenvalue weighted by Gasteiger charge is 2.45. The molecule has 2 aromatic rings. The summed E-state index contributed by atoms with van der Waals surface area (Å²) in [4.78, 5) is 23.9. The smallest absolute Gasteiger partial charge is 0.223 e.